The molecule has 0 aliphatic heterocycles. The van der Waals surface area contributed by atoms with Gasteiger partial charge in [0.15, 0.2) is 0 Å². The van der Waals surface area contributed by atoms with Crippen molar-refractivity contribution < 1.29 is 9.53 Å². The second-order valence-electron chi connectivity index (χ2n) is 5.61. The Morgan fingerprint density at radius 3 is 2.96 bits per heavy atom. The maximum Gasteiger partial charge on any atom is 0.220 e. The van der Waals surface area contributed by atoms with Gasteiger partial charge in [0.1, 0.15) is 11.6 Å². The van der Waals surface area contributed by atoms with Gasteiger partial charge in [0, 0.05) is 24.6 Å². The number of carbonyl (C=O) groups excluding carboxylic acids is 1. The zero-order valence-corrected chi connectivity index (χ0v) is 13.7. The minimum absolute atomic E-state index is 0.0261. The maximum atomic E-state index is 12.2. The van der Waals surface area contributed by atoms with Gasteiger partial charge in [-0.1, -0.05) is 12.1 Å². The third-order valence-corrected chi connectivity index (χ3v) is 3.91. The normalized spacial score (nSPS) is 12.1. The summed E-state index contributed by atoms with van der Waals surface area (Å²) >= 11 is 0. The summed E-state index contributed by atoms with van der Waals surface area (Å²) in [5, 5.41) is 2.99. The predicted octanol–water partition coefficient (Wildman–Crippen LogP) is 2.78. The van der Waals surface area contributed by atoms with E-state index in [1.807, 2.05) is 37.3 Å². The van der Waals surface area contributed by atoms with Crippen LogP contribution in [0.4, 0.5) is 0 Å². The van der Waals surface area contributed by atoms with E-state index >= 15 is 0 Å². The van der Waals surface area contributed by atoms with Crippen molar-refractivity contribution in [2.45, 2.75) is 25.8 Å². The number of methoxy groups -OCH3 is 1. The zero-order valence-electron chi connectivity index (χ0n) is 13.7. The average Bonchev–Trinajstić information content (AvgIpc) is 3.03. The summed E-state index contributed by atoms with van der Waals surface area (Å²) in [6.45, 7) is 1.93. The summed E-state index contributed by atoms with van der Waals surface area (Å²) in [7, 11) is 1.59. The molecule has 1 unspecified atom stereocenters. The molecule has 0 spiro atoms. The number of amides is 1. The van der Waals surface area contributed by atoms with Gasteiger partial charge < -0.3 is 15.0 Å². The van der Waals surface area contributed by atoms with Crippen molar-refractivity contribution in [2.75, 3.05) is 7.11 Å². The van der Waals surface area contributed by atoms with Crippen LogP contribution in [-0.2, 0) is 11.2 Å². The number of ether oxygens (including phenoxy) is 1. The molecule has 1 amide bonds. The Hall–Kier alpha value is -2.89. The Kier molecular flexibility index (Phi) is 4.74. The first kappa shape index (κ1) is 16.0. The highest BCUT2D eigenvalue weighted by Gasteiger charge is 2.14. The molecule has 2 aromatic heterocycles. The van der Waals surface area contributed by atoms with E-state index in [2.05, 4.69) is 20.3 Å². The third-order valence-electron chi connectivity index (χ3n) is 3.91. The van der Waals surface area contributed by atoms with E-state index in [-0.39, 0.29) is 11.9 Å². The molecule has 0 bridgehead atoms. The Morgan fingerprint density at radius 2 is 2.17 bits per heavy atom. The van der Waals surface area contributed by atoms with Crippen LogP contribution in [0, 0.1) is 0 Å². The van der Waals surface area contributed by atoms with Gasteiger partial charge in [0.25, 0.3) is 0 Å². The van der Waals surface area contributed by atoms with Crippen LogP contribution in [-0.4, -0.2) is 28.0 Å². The monoisotopic (exact) mass is 324 g/mol. The quantitative estimate of drug-likeness (QED) is 0.730. The first-order valence-corrected chi connectivity index (χ1v) is 7.88. The molecule has 1 atom stereocenters. The molecule has 124 valence electrons. The lowest BCUT2D eigenvalue weighted by atomic mass is 10.1. The number of pyridine rings is 1. The molecule has 0 radical (unpaired) electrons. The van der Waals surface area contributed by atoms with Crippen LogP contribution in [0.5, 0.6) is 5.75 Å². The number of H-pyrrole nitrogens is 1. The van der Waals surface area contributed by atoms with Gasteiger partial charge in [-0.25, -0.2) is 4.98 Å². The summed E-state index contributed by atoms with van der Waals surface area (Å²) in [4.78, 5) is 24.0. The van der Waals surface area contributed by atoms with E-state index in [9.17, 15) is 4.79 Å². The lowest BCUT2D eigenvalue weighted by Crippen LogP contribution is -2.27. The van der Waals surface area contributed by atoms with Crippen molar-refractivity contribution in [3.63, 3.8) is 0 Å². The molecule has 24 heavy (non-hydrogen) atoms. The second-order valence-corrected chi connectivity index (χ2v) is 5.61. The van der Waals surface area contributed by atoms with Crippen LogP contribution >= 0.6 is 0 Å². The van der Waals surface area contributed by atoms with Crippen molar-refractivity contribution in [1.29, 1.82) is 0 Å². The number of nitrogens with one attached hydrogen (secondary N) is 2. The van der Waals surface area contributed by atoms with Crippen molar-refractivity contribution >= 4 is 16.9 Å². The summed E-state index contributed by atoms with van der Waals surface area (Å²) in [6.07, 6.45) is 4.28. The first-order chi connectivity index (χ1) is 11.7. The highest BCUT2D eigenvalue weighted by molar-refractivity contribution is 5.77. The highest BCUT2D eigenvalue weighted by Crippen LogP contribution is 2.23. The van der Waals surface area contributed by atoms with Gasteiger partial charge in [-0.2, -0.15) is 0 Å². The standard InChI is InChI=1S/C18H20N4O2/c1-12(13-9-10-19-11-16(13)24-2)20-18(23)8-7-17-21-14-5-3-4-6-15(14)22-17/h3-6,9-12H,7-8H2,1-2H3,(H,20,23)(H,21,22). The van der Waals surface area contributed by atoms with Crippen LogP contribution in [0.1, 0.15) is 30.8 Å². The minimum atomic E-state index is -0.147. The Balaban J connectivity index is 1.59. The SMILES string of the molecule is COc1cnccc1C(C)NC(=O)CCc1nc2ccccc2[nH]1. The summed E-state index contributed by atoms with van der Waals surface area (Å²) in [5.41, 5.74) is 2.81. The van der Waals surface area contributed by atoms with Crippen LogP contribution in [0.3, 0.4) is 0 Å². The van der Waals surface area contributed by atoms with Gasteiger partial charge in [0.2, 0.25) is 5.91 Å². The Labute approximate surface area is 140 Å². The third kappa shape index (κ3) is 3.53. The van der Waals surface area contributed by atoms with Gasteiger partial charge in [-0.05, 0) is 25.1 Å². The lowest BCUT2D eigenvalue weighted by molar-refractivity contribution is -0.121. The molecule has 2 N–H and O–H groups in total. The molecule has 0 saturated heterocycles. The van der Waals surface area contributed by atoms with Gasteiger partial charge in [0.05, 0.1) is 30.4 Å². The molecule has 3 rings (SSSR count). The molecule has 1 aromatic carbocycles. The molecule has 6 heteroatoms. The summed E-state index contributed by atoms with van der Waals surface area (Å²) < 4.78 is 5.28. The number of aromatic amines is 1. The molecule has 6 nitrogen and oxygen atoms in total. The average molecular weight is 324 g/mol. The Morgan fingerprint density at radius 1 is 1.33 bits per heavy atom. The van der Waals surface area contributed by atoms with Gasteiger partial charge in [-0.15, -0.1) is 0 Å². The molecule has 2 heterocycles. The predicted molar refractivity (Wildman–Crippen MR) is 91.8 cm³/mol. The summed E-state index contributed by atoms with van der Waals surface area (Å²) in [5.74, 6) is 1.46. The molecule has 3 aromatic rings. The number of para-hydroxylation sites is 2. The molecule has 0 fully saturated rings. The maximum absolute atomic E-state index is 12.2. The number of benzene rings is 1. The van der Waals surface area contributed by atoms with Crippen LogP contribution < -0.4 is 10.1 Å². The van der Waals surface area contributed by atoms with Crippen LogP contribution in [0.25, 0.3) is 11.0 Å². The molecule has 0 aliphatic rings. The van der Waals surface area contributed by atoms with Crippen molar-refractivity contribution in [1.82, 2.24) is 20.3 Å². The number of hydrogen-bond donors (Lipinski definition) is 2. The summed E-state index contributed by atoms with van der Waals surface area (Å²) in [6, 6.07) is 9.54. The van der Waals surface area contributed by atoms with E-state index in [1.54, 1.807) is 19.5 Å². The van der Waals surface area contributed by atoms with E-state index < -0.39 is 0 Å². The lowest BCUT2D eigenvalue weighted by Gasteiger charge is -2.16. The number of hydrogen-bond acceptors (Lipinski definition) is 4. The number of fused-ring (bicyclic) bond motifs is 1. The van der Waals surface area contributed by atoms with Crippen LogP contribution in [0.2, 0.25) is 0 Å². The number of rotatable bonds is 6. The molecular formula is C18H20N4O2. The second kappa shape index (κ2) is 7.12. The minimum Gasteiger partial charge on any atom is -0.495 e. The van der Waals surface area contributed by atoms with E-state index in [0.29, 0.717) is 18.6 Å². The number of nitrogens with zero attached hydrogens (tertiary/aromatic N) is 2. The smallest absolute Gasteiger partial charge is 0.220 e. The zero-order chi connectivity index (χ0) is 16.9. The van der Waals surface area contributed by atoms with Crippen LogP contribution in [0.15, 0.2) is 42.7 Å². The Bertz CT molecular complexity index is 811. The number of carbonyl (C=O) groups is 1. The number of aromatic nitrogens is 3. The van der Waals surface area contributed by atoms with Crippen molar-refractivity contribution in [3.8, 4) is 5.75 Å². The van der Waals surface area contributed by atoms with E-state index in [0.717, 1.165) is 22.4 Å². The number of aryl methyl sites for hydroxylation is 1. The van der Waals surface area contributed by atoms with Gasteiger partial charge in [-0.3, -0.25) is 9.78 Å². The molecule has 0 saturated carbocycles. The van der Waals surface area contributed by atoms with Gasteiger partial charge >= 0.3 is 0 Å². The largest absolute Gasteiger partial charge is 0.495 e. The first-order valence-electron chi connectivity index (χ1n) is 7.88. The van der Waals surface area contributed by atoms with E-state index in [4.69, 9.17) is 4.74 Å². The molecule has 0 aliphatic carbocycles. The van der Waals surface area contributed by atoms with Crippen molar-refractivity contribution in [2.24, 2.45) is 0 Å². The fourth-order valence-corrected chi connectivity index (χ4v) is 2.67. The highest BCUT2D eigenvalue weighted by atomic mass is 16.5. The van der Waals surface area contributed by atoms with E-state index in [1.165, 1.54) is 0 Å². The molecular weight excluding hydrogens is 304 g/mol. The fourth-order valence-electron chi connectivity index (χ4n) is 2.67. The van der Waals surface area contributed by atoms with Crippen molar-refractivity contribution in [3.05, 3.63) is 54.1 Å². The topological polar surface area (TPSA) is 79.9 Å². The number of imidazole rings is 1. The fraction of sp³-hybridized carbons (Fsp3) is 0.278.